The first-order valence-corrected chi connectivity index (χ1v) is 6.03. The summed E-state index contributed by atoms with van der Waals surface area (Å²) in [6.07, 6.45) is 0. The second-order valence-electron chi connectivity index (χ2n) is 4.24. The van der Waals surface area contributed by atoms with Crippen LogP contribution in [0, 0.1) is 0 Å². The van der Waals surface area contributed by atoms with Gasteiger partial charge in [-0.3, -0.25) is 0 Å². The summed E-state index contributed by atoms with van der Waals surface area (Å²) in [5.74, 6) is -0.375. The molecule has 0 saturated heterocycles. The van der Waals surface area contributed by atoms with Gasteiger partial charge < -0.3 is 14.2 Å². The van der Waals surface area contributed by atoms with Crippen molar-refractivity contribution in [2.45, 2.75) is 6.92 Å². The lowest BCUT2D eigenvalue weighted by Crippen LogP contribution is -2.07. The Hall–Kier alpha value is -2.30. The molecule has 2 rings (SSSR count). The summed E-state index contributed by atoms with van der Waals surface area (Å²) in [7, 11) is 3.95. The van der Waals surface area contributed by atoms with Crippen LogP contribution in [0.4, 0.5) is 5.69 Å². The van der Waals surface area contributed by atoms with Gasteiger partial charge >= 0.3 is 5.97 Å². The SMILES string of the molecule is CCOC(=O)c1cc(-c2ccc(N(C)C)cc2)no1. The monoisotopic (exact) mass is 260 g/mol. The number of nitrogens with zero attached hydrogens (tertiary/aromatic N) is 2. The molecule has 100 valence electrons. The summed E-state index contributed by atoms with van der Waals surface area (Å²) in [6, 6.07) is 9.41. The van der Waals surface area contributed by atoms with Gasteiger partial charge in [0, 0.05) is 31.4 Å². The molecule has 0 aliphatic carbocycles. The second kappa shape index (κ2) is 5.56. The van der Waals surface area contributed by atoms with E-state index in [1.54, 1.807) is 13.0 Å². The van der Waals surface area contributed by atoms with E-state index in [0.29, 0.717) is 12.3 Å². The maximum atomic E-state index is 11.5. The first-order chi connectivity index (χ1) is 9.11. The maximum Gasteiger partial charge on any atom is 0.377 e. The van der Waals surface area contributed by atoms with Crippen molar-refractivity contribution in [3.05, 3.63) is 36.1 Å². The Morgan fingerprint density at radius 3 is 2.58 bits per heavy atom. The van der Waals surface area contributed by atoms with Gasteiger partial charge in [-0.25, -0.2) is 4.79 Å². The van der Waals surface area contributed by atoms with E-state index in [1.807, 2.05) is 43.3 Å². The Bertz CT molecular complexity index is 558. The molecule has 0 bridgehead atoms. The van der Waals surface area contributed by atoms with E-state index >= 15 is 0 Å². The van der Waals surface area contributed by atoms with Crippen LogP contribution in [-0.2, 0) is 4.74 Å². The van der Waals surface area contributed by atoms with Gasteiger partial charge in [-0.15, -0.1) is 0 Å². The molecule has 0 N–H and O–H groups in total. The minimum Gasteiger partial charge on any atom is -0.460 e. The van der Waals surface area contributed by atoms with Gasteiger partial charge in [0.15, 0.2) is 0 Å². The summed E-state index contributed by atoms with van der Waals surface area (Å²) >= 11 is 0. The molecule has 0 radical (unpaired) electrons. The van der Waals surface area contributed by atoms with E-state index in [-0.39, 0.29) is 5.76 Å². The molecule has 0 spiro atoms. The van der Waals surface area contributed by atoms with Crippen LogP contribution in [-0.4, -0.2) is 31.8 Å². The number of anilines is 1. The van der Waals surface area contributed by atoms with E-state index in [9.17, 15) is 4.79 Å². The van der Waals surface area contributed by atoms with Gasteiger partial charge in [-0.05, 0) is 19.1 Å². The Balaban J connectivity index is 2.20. The number of hydrogen-bond donors (Lipinski definition) is 0. The van der Waals surface area contributed by atoms with Gasteiger partial charge in [0.2, 0.25) is 5.76 Å². The smallest absolute Gasteiger partial charge is 0.377 e. The lowest BCUT2D eigenvalue weighted by Gasteiger charge is -2.11. The van der Waals surface area contributed by atoms with Crippen LogP contribution in [0.15, 0.2) is 34.9 Å². The highest BCUT2D eigenvalue weighted by atomic mass is 16.6. The first kappa shape index (κ1) is 13.1. The minimum atomic E-state index is -0.494. The van der Waals surface area contributed by atoms with Gasteiger partial charge in [0.1, 0.15) is 5.69 Å². The van der Waals surface area contributed by atoms with Gasteiger partial charge in [0.05, 0.1) is 6.61 Å². The Labute approximate surface area is 111 Å². The number of hydrogen-bond acceptors (Lipinski definition) is 5. The highest BCUT2D eigenvalue weighted by Gasteiger charge is 2.14. The fourth-order valence-electron chi connectivity index (χ4n) is 1.64. The standard InChI is InChI=1S/C14H16N2O3/c1-4-18-14(17)13-9-12(15-19-13)10-5-7-11(8-6-10)16(2)3/h5-9H,4H2,1-3H3. The van der Waals surface area contributed by atoms with Crippen molar-refractivity contribution >= 4 is 11.7 Å². The molecule has 5 nitrogen and oxygen atoms in total. The Morgan fingerprint density at radius 2 is 2.00 bits per heavy atom. The number of aromatic nitrogens is 1. The molecule has 0 unspecified atom stereocenters. The van der Waals surface area contributed by atoms with Crippen molar-refractivity contribution in [1.29, 1.82) is 0 Å². The number of esters is 1. The van der Waals surface area contributed by atoms with Crippen LogP contribution in [0.5, 0.6) is 0 Å². The minimum absolute atomic E-state index is 0.119. The van der Waals surface area contributed by atoms with Crippen molar-refractivity contribution in [3.63, 3.8) is 0 Å². The van der Waals surface area contributed by atoms with Gasteiger partial charge in [0.25, 0.3) is 0 Å². The fraction of sp³-hybridized carbons (Fsp3) is 0.286. The van der Waals surface area contributed by atoms with E-state index in [4.69, 9.17) is 9.26 Å². The lowest BCUT2D eigenvalue weighted by atomic mass is 10.1. The van der Waals surface area contributed by atoms with Crippen LogP contribution in [0.25, 0.3) is 11.3 Å². The zero-order chi connectivity index (χ0) is 13.8. The third-order valence-electron chi connectivity index (χ3n) is 2.67. The van der Waals surface area contributed by atoms with E-state index < -0.39 is 5.97 Å². The van der Waals surface area contributed by atoms with E-state index in [0.717, 1.165) is 11.3 Å². The van der Waals surface area contributed by atoms with Crippen molar-refractivity contribution < 1.29 is 14.1 Å². The average Bonchev–Trinajstić information content (AvgIpc) is 2.89. The first-order valence-electron chi connectivity index (χ1n) is 6.03. The summed E-state index contributed by atoms with van der Waals surface area (Å²) in [4.78, 5) is 13.5. The average molecular weight is 260 g/mol. The molecule has 0 saturated carbocycles. The molecule has 5 heteroatoms. The molecule has 0 fully saturated rings. The number of benzene rings is 1. The third kappa shape index (κ3) is 2.93. The number of carbonyl (C=O) groups is 1. The van der Waals surface area contributed by atoms with Crippen LogP contribution >= 0.6 is 0 Å². The zero-order valence-electron chi connectivity index (χ0n) is 11.2. The largest absolute Gasteiger partial charge is 0.460 e. The molecule has 2 aromatic rings. The summed E-state index contributed by atoms with van der Waals surface area (Å²) in [5.41, 5.74) is 2.61. The van der Waals surface area contributed by atoms with Crippen LogP contribution in [0.1, 0.15) is 17.5 Å². The second-order valence-corrected chi connectivity index (χ2v) is 4.24. The number of carbonyl (C=O) groups excluding carboxylic acids is 1. The lowest BCUT2D eigenvalue weighted by molar-refractivity contribution is 0.0480. The molecule has 19 heavy (non-hydrogen) atoms. The molecule has 0 aliphatic heterocycles. The number of ether oxygens (including phenoxy) is 1. The topological polar surface area (TPSA) is 55.6 Å². The highest BCUT2D eigenvalue weighted by Crippen LogP contribution is 2.22. The zero-order valence-corrected chi connectivity index (χ0v) is 11.2. The molecule has 0 aliphatic rings. The van der Waals surface area contributed by atoms with Crippen molar-refractivity contribution in [2.24, 2.45) is 0 Å². The summed E-state index contributed by atoms with van der Waals surface area (Å²) in [5, 5.41) is 3.87. The maximum absolute atomic E-state index is 11.5. The van der Waals surface area contributed by atoms with E-state index in [1.165, 1.54) is 0 Å². The summed E-state index contributed by atoms with van der Waals surface area (Å²) in [6.45, 7) is 2.06. The Morgan fingerprint density at radius 1 is 1.32 bits per heavy atom. The van der Waals surface area contributed by atoms with Crippen molar-refractivity contribution in [1.82, 2.24) is 5.16 Å². The van der Waals surface area contributed by atoms with Gasteiger partial charge in [-0.1, -0.05) is 17.3 Å². The van der Waals surface area contributed by atoms with E-state index in [2.05, 4.69) is 5.16 Å². The van der Waals surface area contributed by atoms with Crippen LogP contribution in [0.2, 0.25) is 0 Å². The molecular weight excluding hydrogens is 244 g/mol. The van der Waals surface area contributed by atoms with Gasteiger partial charge in [-0.2, -0.15) is 0 Å². The molecular formula is C14H16N2O3. The number of rotatable bonds is 4. The molecule has 0 atom stereocenters. The molecule has 1 aromatic heterocycles. The molecule has 1 aromatic carbocycles. The molecule has 0 amide bonds. The van der Waals surface area contributed by atoms with Crippen molar-refractivity contribution in [2.75, 3.05) is 25.6 Å². The van der Waals surface area contributed by atoms with Crippen LogP contribution < -0.4 is 4.90 Å². The predicted octanol–water partition coefficient (Wildman–Crippen LogP) is 2.58. The Kier molecular flexibility index (Phi) is 3.85. The normalized spacial score (nSPS) is 10.3. The quantitative estimate of drug-likeness (QED) is 0.791. The highest BCUT2D eigenvalue weighted by molar-refractivity contribution is 5.87. The third-order valence-corrected chi connectivity index (χ3v) is 2.67. The van der Waals surface area contributed by atoms with Crippen LogP contribution in [0.3, 0.4) is 0 Å². The van der Waals surface area contributed by atoms with Crippen molar-refractivity contribution in [3.8, 4) is 11.3 Å². The fourth-order valence-corrected chi connectivity index (χ4v) is 1.64. The molecule has 1 heterocycles. The predicted molar refractivity (Wildman–Crippen MR) is 72.2 cm³/mol. The summed E-state index contributed by atoms with van der Waals surface area (Å²) < 4.78 is 9.82.